The zero-order valence-electron chi connectivity index (χ0n) is 15.8. The van der Waals surface area contributed by atoms with Gasteiger partial charge in [-0.2, -0.15) is 0 Å². The van der Waals surface area contributed by atoms with E-state index in [0.717, 1.165) is 6.42 Å². The highest BCUT2D eigenvalue weighted by Crippen LogP contribution is 2.31. The lowest BCUT2D eigenvalue weighted by Crippen LogP contribution is -2.42. The van der Waals surface area contributed by atoms with Crippen molar-refractivity contribution in [3.8, 4) is 0 Å². The standard InChI is InChI=1S/C18H38O3/c1-14(2)10-18(11-19-15(3)4,12-20-16(5)6)13-21-17(7,8)9/h14-16H,10-13H2,1-9H3. The molecule has 0 saturated carbocycles. The Kier molecular flexibility index (Phi) is 9.06. The van der Waals surface area contributed by atoms with Gasteiger partial charge in [0.15, 0.2) is 0 Å². The van der Waals surface area contributed by atoms with Gasteiger partial charge in [-0.1, -0.05) is 13.8 Å². The molecule has 0 aliphatic carbocycles. The van der Waals surface area contributed by atoms with Gasteiger partial charge in [0.2, 0.25) is 0 Å². The zero-order chi connectivity index (χ0) is 16.7. The highest BCUT2D eigenvalue weighted by atomic mass is 16.5. The minimum Gasteiger partial charge on any atom is -0.378 e. The van der Waals surface area contributed by atoms with E-state index in [1.165, 1.54) is 0 Å². The molecule has 0 aliphatic rings. The maximum Gasteiger partial charge on any atom is 0.0598 e. The van der Waals surface area contributed by atoms with E-state index < -0.39 is 0 Å². The Morgan fingerprint density at radius 1 is 0.714 bits per heavy atom. The summed E-state index contributed by atoms with van der Waals surface area (Å²) in [4.78, 5) is 0. The molecule has 3 heteroatoms. The lowest BCUT2D eigenvalue weighted by molar-refractivity contribution is -0.127. The van der Waals surface area contributed by atoms with Crippen molar-refractivity contribution in [2.24, 2.45) is 11.3 Å². The lowest BCUT2D eigenvalue weighted by Gasteiger charge is -2.38. The van der Waals surface area contributed by atoms with E-state index in [9.17, 15) is 0 Å². The fourth-order valence-electron chi connectivity index (χ4n) is 2.22. The summed E-state index contributed by atoms with van der Waals surface area (Å²) in [6.45, 7) is 21.1. The Morgan fingerprint density at radius 2 is 1.14 bits per heavy atom. The quantitative estimate of drug-likeness (QED) is 0.586. The summed E-state index contributed by atoms with van der Waals surface area (Å²) >= 11 is 0. The second-order valence-corrected chi connectivity index (χ2v) is 8.22. The smallest absolute Gasteiger partial charge is 0.0598 e. The van der Waals surface area contributed by atoms with Gasteiger partial charge < -0.3 is 14.2 Å². The number of rotatable bonds is 10. The first-order valence-corrected chi connectivity index (χ1v) is 8.33. The first-order chi connectivity index (χ1) is 9.46. The maximum absolute atomic E-state index is 6.10. The Hall–Kier alpha value is -0.120. The molecule has 0 rings (SSSR count). The van der Waals surface area contributed by atoms with E-state index in [1.807, 2.05) is 0 Å². The summed E-state index contributed by atoms with van der Waals surface area (Å²) in [6.07, 6.45) is 1.50. The molecule has 0 bridgehead atoms. The Morgan fingerprint density at radius 3 is 1.43 bits per heavy atom. The maximum atomic E-state index is 6.10. The van der Waals surface area contributed by atoms with Gasteiger partial charge in [0.1, 0.15) is 0 Å². The van der Waals surface area contributed by atoms with Crippen molar-refractivity contribution in [1.29, 1.82) is 0 Å². The molecule has 0 amide bonds. The van der Waals surface area contributed by atoms with Gasteiger partial charge in [-0.25, -0.2) is 0 Å². The molecular weight excluding hydrogens is 264 g/mol. The molecule has 0 atom stereocenters. The van der Waals surface area contributed by atoms with Crippen LogP contribution in [-0.2, 0) is 14.2 Å². The minimum atomic E-state index is -0.141. The summed E-state index contributed by atoms with van der Waals surface area (Å²) in [5, 5.41) is 0. The third-order valence-electron chi connectivity index (χ3n) is 3.10. The van der Waals surface area contributed by atoms with Gasteiger partial charge in [-0.3, -0.25) is 0 Å². The molecule has 0 aromatic heterocycles. The van der Waals surface area contributed by atoms with E-state index >= 15 is 0 Å². The lowest BCUT2D eigenvalue weighted by atomic mass is 9.81. The van der Waals surface area contributed by atoms with Crippen LogP contribution in [0.5, 0.6) is 0 Å². The van der Waals surface area contributed by atoms with Crippen LogP contribution in [0.2, 0.25) is 0 Å². The van der Waals surface area contributed by atoms with Crippen molar-refractivity contribution < 1.29 is 14.2 Å². The van der Waals surface area contributed by atoms with Gasteiger partial charge in [0.25, 0.3) is 0 Å². The summed E-state index contributed by atoms with van der Waals surface area (Å²) < 4.78 is 18.0. The summed E-state index contributed by atoms with van der Waals surface area (Å²) in [5.41, 5.74) is -0.214. The average molecular weight is 302 g/mol. The van der Waals surface area contributed by atoms with Crippen LogP contribution >= 0.6 is 0 Å². The van der Waals surface area contributed by atoms with Gasteiger partial charge in [0, 0.05) is 5.41 Å². The molecule has 0 unspecified atom stereocenters. The first kappa shape index (κ1) is 20.9. The van der Waals surface area contributed by atoms with E-state index in [2.05, 4.69) is 62.3 Å². The molecule has 21 heavy (non-hydrogen) atoms. The van der Waals surface area contributed by atoms with Crippen molar-refractivity contribution in [1.82, 2.24) is 0 Å². The zero-order valence-corrected chi connectivity index (χ0v) is 15.8. The van der Waals surface area contributed by atoms with Gasteiger partial charge in [-0.15, -0.1) is 0 Å². The molecule has 0 spiro atoms. The SMILES string of the molecule is CC(C)CC(COC(C)C)(COC(C)C)COC(C)(C)C. The molecular formula is C18H38O3. The molecule has 0 aromatic rings. The molecule has 0 N–H and O–H groups in total. The number of ether oxygens (including phenoxy) is 3. The van der Waals surface area contributed by atoms with E-state index in [1.54, 1.807) is 0 Å². The fraction of sp³-hybridized carbons (Fsp3) is 1.00. The van der Waals surface area contributed by atoms with Crippen molar-refractivity contribution in [2.75, 3.05) is 19.8 Å². The van der Waals surface area contributed by atoms with Crippen LogP contribution in [0.1, 0.15) is 68.7 Å². The van der Waals surface area contributed by atoms with Crippen LogP contribution in [0.15, 0.2) is 0 Å². The van der Waals surface area contributed by atoms with Crippen LogP contribution < -0.4 is 0 Å². The Balaban J connectivity index is 4.98. The highest BCUT2D eigenvalue weighted by molar-refractivity contribution is 4.82. The second kappa shape index (κ2) is 9.12. The molecule has 3 nitrogen and oxygen atoms in total. The van der Waals surface area contributed by atoms with Gasteiger partial charge >= 0.3 is 0 Å². The summed E-state index contributed by atoms with van der Waals surface area (Å²) in [6, 6.07) is 0. The number of hydrogen-bond donors (Lipinski definition) is 0. The van der Waals surface area contributed by atoms with Gasteiger partial charge in [-0.05, 0) is 60.8 Å². The predicted molar refractivity (Wildman–Crippen MR) is 89.8 cm³/mol. The second-order valence-electron chi connectivity index (χ2n) is 8.22. The fourth-order valence-corrected chi connectivity index (χ4v) is 2.22. The Bertz CT molecular complexity index is 252. The summed E-state index contributed by atoms with van der Waals surface area (Å²) in [7, 11) is 0. The van der Waals surface area contributed by atoms with Crippen molar-refractivity contribution in [3.63, 3.8) is 0 Å². The highest BCUT2D eigenvalue weighted by Gasteiger charge is 2.34. The van der Waals surface area contributed by atoms with Crippen LogP contribution in [0.3, 0.4) is 0 Å². The molecule has 0 heterocycles. The normalized spacial score (nSPS) is 13.7. The average Bonchev–Trinajstić information content (AvgIpc) is 2.29. The Labute approximate surface area is 132 Å². The molecule has 128 valence electrons. The first-order valence-electron chi connectivity index (χ1n) is 8.33. The van der Waals surface area contributed by atoms with Crippen LogP contribution in [0, 0.1) is 11.3 Å². The van der Waals surface area contributed by atoms with Crippen molar-refractivity contribution in [2.45, 2.75) is 86.5 Å². The largest absolute Gasteiger partial charge is 0.378 e. The molecule has 0 saturated heterocycles. The monoisotopic (exact) mass is 302 g/mol. The van der Waals surface area contributed by atoms with Crippen LogP contribution in [0.4, 0.5) is 0 Å². The van der Waals surface area contributed by atoms with E-state index in [4.69, 9.17) is 14.2 Å². The topological polar surface area (TPSA) is 27.7 Å². The van der Waals surface area contributed by atoms with Crippen LogP contribution in [0.25, 0.3) is 0 Å². The van der Waals surface area contributed by atoms with E-state index in [0.29, 0.717) is 25.7 Å². The van der Waals surface area contributed by atoms with Crippen molar-refractivity contribution in [3.05, 3.63) is 0 Å². The third kappa shape index (κ3) is 11.1. The molecule has 0 fully saturated rings. The van der Waals surface area contributed by atoms with Crippen molar-refractivity contribution >= 4 is 0 Å². The number of hydrogen-bond acceptors (Lipinski definition) is 3. The molecule has 0 radical (unpaired) electrons. The van der Waals surface area contributed by atoms with E-state index in [-0.39, 0.29) is 23.2 Å². The van der Waals surface area contributed by atoms with Gasteiger partial charge in [0.05, 0.1) is 37.6 Å². The minimum absolute atomic E-state index is 0.0734. The third-order valence-corrected chi connectivity index (χ3v) is 3.10. The summed E-state index contributed by atoms with van der Waals surface area (Å²) in [5.74, 6) is 0.583. The molecule has 0 aromatic carbocycles. The molecule has 0 aliphatic heterocycles. The predicted octanol–water partition coefficient (Wildman–Crippen LogP) is 4.68. The van der Waals surface area contributed by atoms with Crippen LogP contribution in [-0.4, -0.2) is 37.6 Å².